The zero-order valence-corrected chi connectivity index (χ0v) is 14.2. The maximum absolute atomic E-state index is 4.76. The summed E-state index contributed by atoms with van der Waals surface area (Å²) in [6.45, 7) is 0.832. The number of benzene rings is 2. The number of aromatic amines is 1. The molecule has 3 N–H and O–H groups in total. The summed E-state index contributed by atoms with van der Waals surface area (Å²) in [6, 6.07) is 21.3. The van der Waals surface area contributed by atoms with Crippen molar-refractivity contribution in [3.8, 4) is 11.1 Å². The zero-order valence-electron chi connectivity index (χ0n) is 14.2. The molecule has 0 saturated carbocycles. The predicted molar refractivity (Wildman–Crippen MR) is 102 cm³/mol. The Morgan fingerprint density at radius 1 is 0.885 bits per heavy atom. The number of hydrogen-bond donors (Lipinski definition) is 3. The van der Waals surface area contributed by atoms with E-state index in [-0.39, 0.29) is 12.0 Å². The minimum atomic E-state index is 0.174. The molecule has 2 atom stereocenters. The molecule has 26 heavy (non-hydrogen) atoms. The fourth-order valence-corrected chi connectivity index (χ4v) is 3.63. The number of nitrogens with zero attached hydrogens (tertiary/aromatic N) is 2. The third-order valence-electron chi connectivity index (χ3n) is 5.01. The van der Waals surface area contributed by atoms with E-state index in [1.807, 2.05) is 18.3 Å². The van der Waals surface area contributed by atoms with Gasteiger partial charge in [-0.15, -0.1) is 0 Å². The number of fused-ring (bicyclic) bond motifs is 1. The van der Waals surface area contributed by atoms with E-state index < -0.39 is 0 Å². The molecule has 1 saturated heterocycles. The van der Waals surface area contributed by atoms with Gasteiger partial charge in [0.2, 0.25) is 0 Å². The van der Waals surface area contributed by atoms with E-state index in [0.717, 1.165) is 23.4 Å². The molecule has 0 radical (unpaired) electrons. The summed E-state index contributed by atoms with van der Waals surface area (Å²) in [6.07, 6.45) is 3.60. The number of aromatic nitrogens is 3. The van der Waals surface area contributed by atoms with Crippen molar-refractivity contribution in [2.24, 2.45) is 0 Å². The normalized spacial score (nSPS) is 19.8. The second-order valence-corrected chi connectivity index (χ2v) is 6.61. The Morgan fingerprint density at radius 2 is 1.69 bits per heavy atom. The lowest BCUT2D eigenvalue weighted by molar-refractivity contribution is 0.544. The van der Waals surface area contributed by atoms with Crippen molar-refractivity contribution < 1.29 is 0 Å². The number of hydrazine groups is 1. The van der Waals surface area contributed by atoms with Crippen LogP contribution in [0, 0.1) is 0 Å². The van der Waals surface area contributed by atoms with Crippen molar-refractivity contribution in [2.45, 2.75) is 12.0 Å². The first-order valence-corrected chi connectivity index (χ1v) is 8.82. The number of pyridine rings is 1. The Labute approximate surface area is 151 Å². The summed E-state index contributed by atoms with van der Waals surface area (Å²) < 4.78 is 0. The molecule has 5 heteroatoms. The minimum Gasteiger partial charge on any atom is -0.340 e. The van der Waals surface area contributed by atoms with Gasteiger partial charge in [0.05, 0.1) is 29.2 Å². The van der Waals surface area contributed by atoms with E-state index in [0.29, 0.717) is 0 Å². The van der Waals surface area contributed by atoms with Crippen molar-refractivity contribution in [3.05, 3.63) is 84.4 Å². The van der Waals surface area contributed by atoms with Crippen molar-refractivity contribution >= 4 is 11.0 Å². The van der Waals surface area contributed by atoms with Crippen LogP contribution in [0.2, 0.25) is 0 Å². The Bertz CT molecular complexity index is 990. The largest absolute Gasteiger partial charge is 0.340 e. The highest BCUT2D eigenvalue weighted by atomic mass is 15.4. The molecule has 1 fully saturated rings. The average Bonchev–Trinajstić information content (AvgIpc) is 3.35. The predicted octanol–water partition coefficient (Wildman–Crippen LogP) is 3.56. The smallest absolute Gasteiger partial charge is 0.113 e. The fraction of sp³-hybridized carbons (Fsp3) is 0.143. The van der Waals surface area contributed by atoms with Gasteiger partial charge in [0.1, 0.15) is 5.82 Å². The Balaban J connectivity index is 1.45. The van der Waals surface area contributed by atoms with Gasteiger partial charge >= 0.3 is 0 Å². The van der Waals surface area contributed by atoms with E-state index in [9.17, 15) is 0 Å². The van der Waals surface area contributed by atoms with Crippen LogP contribution in [0.4, 0.5) is 0 Å². The molecule has 5 rings (SSSR count). The summed E-state index contributed by atoms with van der Waals surface area (Å²) >= 11 is 0. The van der Waals surface area contributed by atoms with Crippen molar-refractivity contribution in [2.75, 3.05) is 6.54 Å². The highest BCUT2D eigenvalue weighted by molar-refractivity contribution is 5.73. The standard InChI is InChI=1S/C21H19N5/c1-2-4-14(5-3-1)15-6-8-16(9-7-15)20-17(12-23-26-20)21-24-18-10-11-22-13-19(18)25-21/h1-11,13,17,20,23,26H,12H2,(H,24,25). The quantitative estimate of drug-likeness (QED) is 0.533. The van der Waals surface area contributed by atoms with Crippen LogP contribution in [0.3, 0.4) is 0 Å². The molecule has 5 nitrogen and oxygen atoms in total. The lowest BCUT2D eigenvalue weighted by atomic mass is 9.93. The molecule has 1 aliphatic heterocycles. The number of rotatable bonds is 3. The number of imidazole rings is 1. The number of hydrogen-bond acceptors (Lipinski definition) is 4. The molecule has 0 amide bonds. The first kappa shape index (κ1) is 15.3. The molecular formula is C21H19N5. The summed E-state index contributed by atoms with van der Waals surface area (Å²) in [4.78, 5) is 12.3. The van der Waals surface area contributed by atoms with E-state index in [1.54, 1.807) is 6.20 Å². The lowest BCUT2D eigenvalue weighted by Crippen LogP contribution is -2.24. The summed E-state index contributed by atoms with van der Waals surface area (Å²) in [5.41, 5.74) is 12.3. The lowest BCUT2D eigenvalue weighted by Gasteiger charge is -2.17. The van der Waals surface area contributed by atoms with Crippen molar-refractivity contribution in [3.63, 3.8) is 0 Å². The van der Waals surface area contributed by atoms with Gasteiger partial charge in [0.25, 0.3) is 0 Å². The van der Waals surface area contributed by atoms with Crippen LogP contribution < -0.4 is 10.9 Å². The summed E-state index contributed by atoms with van der Waals surface area (Å²) in [7, 11) is 0. The third kappa shape index (κ3) is 2.67. The average molecular weight is 341 g/mol. The molecule has 2 aromatic heterocycles. The van der Waals surface area contributed by atoms with Gasteiger partial charge in [0, 0.05) is 12.7 Å². The van der Waals surface area contributed by atoms with Gasteiger partial charge in [-0.05, 0) is 22.8 Å². The maximum Gasteiger partial charge on any atom is 0.113 e. The monoisotopic (exact) mass is 341 g/mol. The second-order valence-electron chi connectivity index (χ2n) is 6.61. The van der Waals surface area contributed by atoms with Crippen LogP contribution in [0.15, 0.2) is 73.1 Å². The Morgan fingerprint density at radius 3 is 2.50 bits per heavy atom. The SMILES string of the molecule is c1ccc(-c2ccc(C3NNCC3c3nc4ccncc4[nH]3)cc2)cc1. The Kier molecular flexibility index (Phi) is 3.74. The van der Waals surface area contributed by atoms with Crippen LogP contribution >= 0.6 is 0 Å². The van der Waals surface area contributed by atoms with Crippen LogP contribution in [0.1, 0.15) is 23.3 Å². The van der Waals surface area contributed by atoms with E-state index in [2.05, 4.69) is 69.4 Å². The molecule has 3 heterocycles. The molecule has 0 bridgehead atoms. The van der Waals surface area contributed by atoms with Crippen LogP contribution in [-0.4, -0.2) is 21.5 Å². The minimum absolute atomic E-state index is 0.174. The molecule has 1 aliphatic rings. The first-order chi connectivity index (χ1) is 12.9. The number of nitrogens with one attached hydrogen (secondary N) is 3. The van der Waals surface area contributed by atoms with Gasteiger partial charge in [-0.2, -0.15) is 0 Å². The van der Waals surface area contributed by atoms with Crippen LogP contribution in [0.25, 0.3) is 22.2 Å². The summed E-state index contributed by atoms with van der Waals surface area (Å²) in [5, 5.41) is 0. The Hall–Kier alpha value is -3.02. The van der Waals surface area contributed by atoms with Crippen LogP contribution in [0.5, 0.6) is 0 Å². The molecule has 0 aliphatic carbocycles. The van der Waals surface area contributed by atoms with Gasteiger partial charge < -0.3 is 4.98 Å². The summed E-state index contributed by atoms with van der Waals surface area (Å²) in [5.74, 6) is 1.23. The van der Waals surface area contributed by atoms with E-state index in [1.165, 1.54) is 16.7 Å². The van der Waals surface area contributed by atoms with Crippen molar-refractivity contribution in [1.82, 2.24) is 25.8 Å². The highest BCUT2D eigenvalue weighted by Crippen LogP contribution is 2.33. The van der Waals surface area contributed by atoms with Crippen molar-refractivity contribution in [1.29, 1.82) is 0 Å². The van der Waals surface area contributed by atoms with Gasteiger partial charge in [-0.1, -0.05) is 54.6 Å². The topological polar surface area (TPSA) is 65.6 Å². The molecular weight excluding hydrogens is 322 g/mol. The zero-order chi connectivity index (χ0) is 17.3. The van der Waals surface area contributed by atoms with E-state index >= 15 is 0 Å². The highest BCUT2D eigenvalue weighted by Gasteiger charge is 2.31. The van der Waals surface area contributed by atoms with Gasteiger partial charge in [-0.3, -0.25) is 10.4 Å². The first-order valence-electron chi connectivity index (χ1n) is 8.82. The van der Waals surface area contributed by atoms with Crippen LogP contribution in [-0.2, 0) is 0 Å². The fourth-order valence-electron chi connectivity index (χ4n) is 3.63. The molecule has 4 aromatic rings. The van der Waals surface area contributed by atoms with E-state index in [4.69, 9.17) is 4.98 Å². The molecule has 2 unspecified atom stereocenters. The number of H-pyrrole nitrogens is 1. The molecule has 2 aromatic carbocycles. The molecule has 0 spiro atoms. The third-order valence-corrected chi connectivity index (χ3v) is 5.01. The maximum atomic E-state index is 4.76. The second kappa shape index (κ2) is 6.37. The molecule has 128 valence electrons. The van der Waals surface area contributed by atoms with Gasteiger partial charge in [0.15, 0.2) is 0 Å². The van der Waals surface area contributed by atoms with Gasteiger partial charge in [-0.25, -0.2) is 10.4 Å².